The van der Waals surface area contributed by atoms with Crippen molar-refractivity contribution in [2.75, 3.05) is 7.11 Å². The highest BCUT2D eigenvalue weighted by Gasteiger charge is 2.26. The molecule has 2 atom stereocenters. The Morgan fingerprint density at radius 3 is 2.44 bits per heavy atom. The van der Waals surface area contributed by atoms with Crippen LogP contribution in [-0.4, -0.2) is 17.5 Å². The number of rotatable bonds is 6. The molecule has 0 amide bonds. The van der Waals surface area contributed by atoms with Crippen molar-refractivity contribution in [3.8, 4) is 0 Å². The molecule has 0 spiro atoms. The fourth-order valence-corrected chi connectivity index (χ4v) is 4.24. The van der Waals surface area contributed by atoms with Gasteiger partial charge in [-0.2, -0.15) is 0 Å². The van der Waals surface area contributed by atoms with Crippen molar-refractivity contribution in [3.05, 3.63) is 81.3 Å². The van der Waals surface area contributed by atoms with Gasteiger partial charge in [0.25, 0.3) is 0 Å². The third-order valence-electron chi connectivity index (χ3n) is 4.70. The summed E-state index contributed by atoms with van der Waals surface area (Å²) in [6.07, 6.45) is -0.0734. The van der Waals surface area contributed by atoms with Crippen molar-refractivity contribution in [3.63, 3.8) is 0 Å². The topological polar surface area (TPSA) is 31.2 Å². The van der Waals surface area contributed by atoms with Crippen molar-refractivity contribution >= 4 is 17.1 Å². The zero-order valence-electron chi connectivity index (χ0n) is 15.0. The summed E-state index contributed by atoms with van der Waals surface area (Å²) in [5, 5.41) is 1.94. The number of ketones is 1. The fourth-order valence-electron chi connectivity index (χ4n) is 3.56. The van der Waals surface area contributed by atoms with Crippen LogP contribution in [0.1, 0.15) is 51.3 Å². The van der Waals surface area contributed by atoms with Crippen LogP contribution < -0.4 is 0 Å². The van der Waals surface area contributed by atoms with Crippen molar-refractivity contribution in [1.29, 1.82) is 0 Å². The molecule has 2 aromatic heterocycles. The van der Waals surface area contributed by atoms with E-state index in [4.69, 9.17) is 4.74 Å². The van der Waals surface area contributed by atoms with Gasteiger partial charge in [-0.3, -0.25) is 4.79 Å². The zero-order valence-corrected chi connectivity index (χ0v) is 15.8. The molecule has 4 heteroatoms. The number of aryl methyl sites for hydroxylation is 1. The van der Waals surface area contributed by atoms with Crippen LogP contribution in [0, 0.1) is 13.8 Å². The maximum atomic E-state index is 12.8. The molecule has 130 valence electrons. The van der Waals surface area contributed by atoms with Crippen molar-refractivity contribution in [2.24, 2.45) is 0 Å². The third-order valence-corrected chi connectivity index (χ3v) is 5.57. The number of aromatic nitrogens is 1. The van der Waals surface area contributed by atoms with E-state index < -0.39 is 0 Å². The minimum absolute atomic E-state index is 0.0734. The summed E-state index contributed by atoms with van der Waals surface area (Å²) in [5.74, 6) is 0.0928. The van der Waals surface area contributed by atoms with Crippen LogP contribution in [0.3, 0.4) is 0 Å². The first-order valence-corrected chi connectivity index (χ1v) is 9.27. The summed E-state index contributed by atoms with van der Waals surface area (Å²) in [7, 11) is 1.74. The number of methoxy groups -OCH3 is 1. The number of hydrogen-bond acceptors (Lipinski definition) is 3. The van der Waals surface area contributed by atoms with Crippen LogP contribution >= 0.6 is 11.3 Å². The highest BCUT2D eigenvalue weighted by Crippen LogP contribution is 2.33. The number of nitrogens with zero attached hydrogens (tertiary/aromatic N) is 1. The first kappa shape index (κ1) is 17.6. The van der Waals surface area contributed by atoms with Gasteiger partial charge in [0.1, 0.15) is 6.10 Å². The Morgan fingerprint density at radius 2 is 1.84 bits per heavy atom. The molecule has 1 aromatic carbocycles. The Kier molecular flexibility index (Phi) is 5.21. The summed E-state index contributed by atoms with van der Waals surface area (Å²) in [4.78, 5) is 13.6. The maximum absolute atomic E-state index is 12.8. The van der Waals surface area contributed by atoms with Gasteiger partial charge in [-0.15, -0.1) is 11.3 Å². The van der Waals surface area contributed by atoms with Crippen molar-refractivity contribution < 1.29 is 9.53 Å². The lowest BCUT2D eigenvalue weighted by Crippen LogP contribution is -2.19. The molecule has 0 aliphatic carbocycles. The van der Waals surface area contributed by atoms with Gasteiger partial charge in [0.05, 0.1) is 10.9 Å². The van der Waals surface area contributed by atoms with Crippen molar-refractivity contribution in [2.45, 2.75) is 32.9 Å². The molecular formula is C21H23NO2S. The molecule has 25 heavy (non-hydrogen) atoms. The quantitative estimate of drug-likeness (QED) is 0.560. The first-order chi connectivity index (χ1) is 12.0. The molecule has 0 aliphatic heterocycles. The van der Waals surface area contributed by atoms with Gasteiger partial charge in [0, 0.05) is 24.1 Å². The average Bonchev–Trinajstić information content (AvgIpc) is 3.24. The molecule has 2 heterocycles. The van der Waals surface area contributed by atoms with E-state index in [0.717, 1.165) is 27.4 Å². The Balaban J connectivity index is 1.98. The van der Waals surface area contributed by atoms with E-state index in [1.165, 1.54) is 11.3 Å². The highest BCUT2D eigenvalue weighted by molar-refractivity contribution is 7.12. The van der Waals surface area contributed by atoms with E-state index in [0.29, 0.717) is 0 Å². The van der Waals surface area contributed by atoms with Crippen molar-refractivity contribution in [1.82, 2.24) is 4.57 Å². The predicted octanol–water partition coefficient (Wildman–Crippen LogP) is 5.35. The van der Waals surface area contributed by atoms with E-state index >= 15 is 0 Å². The molecular weight excluding hydrogens is 330 g/mol. The van der Waals surface area contributed by atoms with E-state index in [2.05, 4.69) is 23.6 Å². The second-order valence-electron chi connectivity index (χ2n) is 6.27. The molecule has 2 unspecified atom stereocenters. The molecule has 3 aromatic rings. The van der Waals surface area contributed by atoms with Crippen LogP contribution in [-0.2, 0) is 4.74 Å². The predicted molar refractivity (Wildman–Crippen MR) is 103 cm³/mol. The van der Waals surface area contributed by atoms with Crippen LogP contribution in [0.2, 0.25) is 0 Å². The van der Waals surface area contributed by atoms with Crippen LogP contribution in [0.4, 0.5) is 0 Å². The zero-order chi connectivity index (χ0) is 18.0. The van der Waals surface area contributed by atoms with Gasteiger partial charge in [-0.1, -0.05) is 36.4 Å². The molecule has 3 nitrogen and oxygen atoms in total. The van der Waals surface area contributed by atoms with Gasteiger partial charge >= 0.3 is 0 Å². The Labute approximate surface area is 152 Å². The van der Waals surface area contributed by atoms with E-state index in [1.54, 1.807) is 7.11 Å². The van der Waals surface area contributed by atoms with Gasteiger partial charge in [0.15, 0.2) is 0 Å². The normalized spacial score (nSPS) is 13.6. The fraction of sp³-hybridized carbons (Fsp3) is 0.286. The summed E-state index contributed by atoms with van der Waals surface area (Å²) < 4.78 is 8.01. The molecule has 0 saturated heterocycles. The first-order valence-electron chi connectivity index (χ1n) is 8.39. The number of ether oxygens (including phenoxy) is 1. The molecule has 3 rings (SSSR count). The van der Waals surface area contributed by atoms with Crippen LogP contribution in [0.5, 0.6) is 0 Å². The standard InChI is InChI=1S/C21H23NO2S/c1-14-13-18(20(23)19-11-8-12-25-19)15(2)22(14)16(3)21(24-4)17-9-6-5-7-10-17/h5-13,16,21H,1-4H3. The minimum Gasteiger partial charge on any atom is -0.375 e. The molecule has 0 N–H and O–H groups in total. The number of hydrogen-bond donors (Lipinski definition) is 0. The van der Waals surface area contributed by atoms with Gasteiger partial charge in [-0.25, -0.2) is 0 Å². The maximum Gasteiger partial charge on any atom is 0.204 e. The Hall–Kier alpha value is -2.17. The number of carbonyl (C=O) groups excluding carboxylic acids is 1. The molecule has 0 aliphatic rings. The monoisotopic (exact) mass is 353 g/mol. The second-order valence-corrected chi connectivity index (χ2v) is 7.22. The summed E-state index contributed by atoms with van der Waals surface area (Å²) in [6.45, 7) is 6.20. The van der Waals surface area contributed by atoms with E-state index in [9.17, 15) is 4.79 Å². The summed E-state index contributed by atoms with van der Waals surface area (Å²) in [5.41, 5.74) is 3.97. The lowest BCUT2D eigenvalue weighted by molar-refractivity contribution is 0.0609. The minimum atomic E-state index is -0.0734. The molecule has 0 radical (unpaired) electrons. The number of benzene rings is 1. The Morgan fingerprint density at radius 1 is 1.12 bits per heavy atom. The van der Waals surface area contributed by atoms with Gasteiger partial charge in [0.2, 0.25) is 5.78 Å². The van der Waals surface area contributed by atoms with Crippen LogP contribution in [0.25, 0.3) is 0 Å². The average molecular weight is 353 g/mol. The highest BCUT2D eigenvalue weighted by atomic mass is 32.1. The van der Waals surface area contributed by atoms with Gasteiger partial charge in [-0.05, 0) is 43.8 Å². The molecule has 0 saturated carbocycles. The van der Waals surface area contributed by atoms with E-state index in [-0.39, 0.29) is 17.9 Å². The number of carbonyl (C=O) groups is 1. The van der Waals surface area contributed by atoms with E-state index in [1.807, 2.05) is 55.6 Å². The molecule has 0 fully saturated rings. The Bertz CT molecular complexity index is 850. The smallest absolute Gasteiger partial charge is 0.204 e. The number of thiophene rings is 1. The van der Waals surface area contributed by atoms with Gasteiger partial charge < -0.3 is 9.30 Å². The second kappa shape index (κ2) is 7.38. The largest absolute Gasteiger partial charge is 0.375 e. The summed E-state index contributed by atoms with van der Waals surface area (Å²) in [6, 6.07) is 16.1. The SMILES string of the molecule is COC(c1ccccc1)C(C)n1c(C)cc(C(=O)c2cccs2)c1C. The lowest BCUT2D eigenvalue weighted by atomic mass is 10.0. The van der Waals surface area contributed by atoms with Crippen LogP contribution in [0.15, 0.2) is 53.9 Å². The lowest BCUT2D eigenvalue weighted by Gasteiger charge is -2.27. The summed E-state index contributed by atoms with van der Waals surface area (Å²) >= 11 is 1.48. The molecule has 0 bridgehead atoms. The third kappa shape index (κ3) is 3.32.